The van der Waals surface area contributed by atoms with Crippen LogP contribution in [0, 0.1) is 0 Å². The van der Waals surface area contributed by atoms with E-state index in [4.69, 9.17) is 14.2 Å². The Morgan fingerprint density at radius 2 is 2.06 bits per heavy atom. The number of pyridine rings is 1. The first-order chi connectivity index (χ1) is 8.76. The van der Waals surface area contributed by atoms with Crippen molar-refractivity contribution >= 4 is 11.0 Å². The largest absolute Gasteiger partial charge is 0.492 e. The highest BCUT2D eigenvalue weighted by Crippen LogP contribution is 2.30. The molecular formula is C11H13N3O4. The van der Waals surface area contributed by atoms with Gasteiger partial charge in [0.2, 0.25) is 5.88 Å². The normalized spacial score (nSPS) is 10.6. The lowest BCUT2D eigenvalue weighted by atomic mass is 10.3. The molecule has 2 rings (SSSR count). The summed E-state index contributed by atoms with van der Waals surface area (Å²) in [7, 11) is 3.06. The van der Waals surface area contributed by atoms with Crippen molar-refractivity contribution in [2.24, 2.45) is 0 Å². The Kier molecular flexibility index (Phi) is 3.73. The fourth-order valence-electron chi connectivity index (χ4n) is 1.42. The predicted molar refractivity (Wildman–Crippen MR) is 62.9 cm³/mol. The summed E-state index contributed by atoms with van der Waals surface area (Å²) in [5.74, 6) is 0.519. The van der Waals surface area contributed by atoms with Gasteiger partial charge in [-0.15, -0.1) is 0 Å². The molecule has 2 aromatic heterocycles. The van der Waals surface area contributed by atoms with Crippen LogP contribution in [-0.4, -0.2) is 47.5 Å². The molecule has 0 radical (unpaired) electrons. The summed E-state index contributed by atoms with van der Waals surface area (Å²) in [5.41, 5.74) is 0.754. The Balaban J connectivity index is 2.39. The molecule has 18 heavy (non-hydrogen) atoms. The van der Waals surface area contributed by atoms with Gasteiger partial charge >= 0.3 is 0 Å². The maximum atomic E-state index is 9.57. The van der Waals surface area contributed by atoms with Crippen LogP contribution in [0.4, 0.5) is 0 Å². The van der Waals surface area contributed by atoms with Gasteiger partial charge in [-0.2, -0.15) is 0 Å². The molecule has 2 aromatic rings. The Hall–Kier alpha value is -2.15. The number of nitrogens with zero attached hydrogens (tertiary/aromatic N) is 3. The van der Waals surface area contributed by atoms with E-state index in [9.17, 15) is 5.11 Å². The average molecular weight is 251 g/mol. The topological polar surface area (TPSA) is 86.6 Å². The maximum Gasteiger partial charge on any atom is 0.257 e. The Bertz CT molecular complexity index is 547. The van der Waals surface area contributed by atoms with Crippen LogP contribution >= 0.6 is 0 Å². The lowest BCUT2D eigenvalue weighted by Crippen LogP contribution is -2.06. The molecule has 0 aliphatic heterocycles. The van der Waals surface area contributed by atoms with Gasteiger partial charge in [0.05, 0.1) is 13.7 Å². The zero-order valence-electron chi connectivity index (χ0n) is 10.1. The minimum absolute atomic E-state index is 0.193. The third kappa shape index (κ3) is 2.40. The van der Waals surface area contributed by atoms with Crippen molar-refractivity contribution in [1.82, 2.24) is 15.0 Å². The highest BCUT2D eigenvalue weighted by molar-refractivity contribution is 5.80. The van der Waals surface area contributed by atoms with E-state index in [1.807, 2.05) is 0 Å². The van der Waals surface area contributed by atoms with Crippen LogP contribution in [-0.2, 0) is 4.74 Å². The molecule has 0 unspecified atom stereocenters. The third-order valence-corrected chi connectivity index (χ3v) is 2.26. The molecule has 1 N–H and O–H groups in total. The Morgan fingerprint density at radius 3 is 2.78 bits per heavy atom. The van der Waals surface area contributed by atoms with Crippen molar-refractivity contribution in [1.29, 1.82) is 0 Å². The van der Waals surface area contributed by atoms with Gasteiger partial charge in [0.25, 0.3) is 5.88 Å². The quantitative estimate of drug-likeness (QED) is 0.785. The van der Waals surface area contributed by atoms with Crippen molar-refractivity contribution in [3.63, 3.8) is 0 Å². The van der Waals surface area contributed by atoms with Crippen molar-refractivity contribution in [2.45, 2.75) is 0 Å². The SMILES string of the molecule is COCCOc1cc2ncnc(O)c2nc1OC. The van der Waals surface area contributed by atoms with Crippen molar-refractivity contribution in [3.05, 3.63) is 12.4 Å². The standard InChI is InChI=1S/C11H13N3O4/c1-16-3-4-18-8-5-7-9(14-11(8)17-2)10(15)13-6-12-7/h5-6H,3-4H2,1-2H3,(H,12,13,15). The van der Waals surface area contributed by atoms with Gasteiger partial charge in [0, 0.05) is 13.2 Å². The summed E-state index contributed by atoms with van der Waals surface area (Å²) in [6.45, 7) is 0.827. The van der Waals surface area contributed by atoms with E-state index in [0.29, 0.717) is 24.5 Å². The molecule has 0 fully saturated rings. The van der Waals surface area contributed by atoms with E-state index in [1.54, 1.807) is 13.2 Å². The van der Waals surface area contributed by atoms with Crippen LogP contribution in [0.5, 0.6) is 17.5 Å². The molecule has 0 atom stereocenters. The van der Waals surface area contributed by atoms with E-state index < -0.39 is 0 Å². The Labute approximate surface area is 103 Å². The van der Waals surface area contributed by atoms with Crippen molar-refractivity contribution in [2.75, 3.05) is 27.4 Å². The second-order valence-corrected chi connectivity index (χ2v) is 3.40. The molecule has 96 valence electrons. The van der Waals surface area contributed by atoms with E-state index in [0.717, 1.165) is 0 Å². The zero-order chi connectivity index (χ0) is 13.0. The zero-order valence-corrected chi connectivity index (χ0v) is 10.1. The van der Waals surface area contributed by atoms with Crippen LogP contribution in [0.25, 0.3) is 11.0 Å². The maximum absolute atomic E-state index is 9.57. The molecule has 0 saturated heterocycles. The van der Waals surface area contributed by atoms with Gasteiger partial charge in [0.15, 0.2) is 11.3 Å². The lowest BCUT2D eigenvalue weighted by Gasteiger charge is -2.10. The fraction of sp³-hybridized carbons (Fsp3) is 0.364. The summed E-state index contributed by atoms with van der Waals surface area (Å²) in [6, 6.07) is 1.64. The van der Waals surface area contributed by atoms with Crippen LogP contribution in [0.3, 0.4) is 0 Å². The van der Waals surface area contributed by atoms with Crippen LogP contribution in [0.1, 0.15) is 0 Å². The molecular weight excluding hydrogens is 238 g/mol. The Morgan fingerprint density at radius 1 is 1.22 bits per heavy atom. The molecule has 2 heterocycles. The lowest BCUT2D eigenvalue weighted by molar-refractivity contribution is 0.144. The minimum Gasteiger partial charge on any atom is -0.492 e. The number of ether oxygens (including phenoxy) is 3. The minimum atomic E-state index is -0.193. The number of methoxy groups -OCH3 is 2. The van der Waals surface area contributed by atoms with Crippen LogP contribution < -0.4 is 9.47 Å². The van der Waals surface area contributed by atoms with E-state index >= 15 is 0 Å². The smallest absolute Gasteiger partial charge is 0.257 e. The first-order valence-electron chi connectivity index (χ1n) is 5.26. The van der Waals surface area contributed by atoms with Gasteiger partial charge in [-0.1, -0.05) is 0 Å². The molecule has 7 nitrogen and oxygen atoms in total. The summed E-state index contributed by atoms with van der Waals surface area (Å²) in [4.78, 5) is 11.8. The predicted octanol–water partition coefficient (Wildman–Crippen LogP) is 0.764. The molecule has 0 amide bonds. The van der Waals surface area contributed by atoms with Gasteiger partial charge in [-0.3, -0.25) is 0 Å². The molecule has 0 aliphatic carbocycles. The molecule has 0 saturated carbocycles. The van der Waals surface area contributed by atoms with Gasteiger partial charge in [0.1, 0.15) is 18.5 Å². The summed E-state index contributed by atoms with van der Waals surface area (Å²) in [5, 5.41) is 9.57. The summed E-state index contributed by atoms with van der Waals surface area (Å²) >= 11 is 0. The highest BCUT2D eigenvalue weighted by Gasteiger charge is 2.12. The van der Waals surface area contributed by atoms with E-state index in [2.05, 4.69) is 15.0 Å². The van der Waals surface area contributed by atoms with E-state index in [-0.39, 0.29) is 17.3 Å². The number of hydrogen-bond donors (Lipinski definition) is 1. The number of hydrogen-bond acceptors (Lipinski definition) is 7. The average Bonchev–Trinajstić information content (AvgIpc) is 2.39. The second-order valence-electron chi connectivity index (χ2n) is 3.40. The molecule has 7 heteroatoms. The first kappa shape index (κ1) is 12.3. The first-order valence-corrected chi connectivity index (χ1v) is 5.26. The van der Waals surface area contributed by atoms with Crippen molar-refractivity contribution in [3.8, 4) is 17.5 Å². The highest BCUT2D eigenvalue weighted by atomic mass is 16.5. The number of fused-ring (bicyclic) bond motifs is 1. The summed E-state index contributed by atoms with van der Waals surface area (Å²) in [6.07, 6.45) is 1.25. The van der Waals surface area contributed by atoms with Crippen LogP contribution in [0.2, 0.25) is 0 Å². The fourth-order valence-corrected chi connectivity index (χ4v) is 1.42. The monoisotopic (exact) mass is 251 g/mol. The summed E-state index contributed by atoms with van der Waals surface area (Å²) < 4.78 is 15.4. The number of aromatic hydroxyl groups is 1. The molecule has 0 aliphatic rings. The van der Waals surface area contributed by atoms with Crippen LogP contribution in [0.15, 0.2) is 12.4 Å². The molecule has 0 spiro atoms. The van der Waals surface area contributed by atoms with Gasteiger partial charge < -0.3 is 19.3 Å². The third-order valence-electron chi connectivity index (χ3n) is 2.26. The van der Waals surface area contributed by atoms with Crippen molar-refractivity contribution < 1.29 is 19.3 Å². The van der Waals surface area contributed by atoms with Gasteiger partial charge in [-0.25, -0.2) is 15.0 Å². The number of aromatic nitrogens is 3. The molecule has 0 aromatic carbocycles. The second kappa shape index (κ2) is 5.46. The molecule has 0 bridgehead atoms. The van der Waals surface area contributed by atoms with E-state index in [1.165, 1.54) is 13.4 Å². The number of rotatable bonds is 5. The van der Waals surface area contributed by atoms with Gasteiger partial charge in [-0.05, 0) is 0 Å².